The van der Waals surface area contributed by atoms with E-state index in [9.17, 15) is 8.42 Å². The molecule has 0 aliphatic carbocycles. The summed E-state index contributed by atoms with van der Waals surface area (Å²) in [5.74, 6) is 0. The minimum atomic E-state index is -3.49. The molecule has 19 heavy (non-hydrogen) atoms. The van der Waals surface area contributed by atoms with Gasteiger partial charge in [-0.1, -0.05) is 17.7 Å². The van der Waals surface area contributed by atoms with Gasteiger partial charge in [-0.15, -0.1) is 0 Å². The average molecular weight is 299 g/mol. The second kappa shape index (κ2) is 5.77. The predicted octanol–water partition coefficient (Wildman–Crippen LogP) is 2.20. The van der Waals surface area contributed by atoms with Gasteiger partial charge in [-0.2, -0.15) is 0 Å². The van der Waals surface area contributed by atoms with Gasteiger partial charge in [-0.25, -0.2) is 13.1 Å². The number of aryl methyl sites for hydroxylation is 1. The van der Waals surface area contributed by atoms with E-state index in [0.717, 1.165) is 5.56 Å². The second-order valence-corrected chi connectivity index (χ2v) is 6.49. The Labute approximate surface area is 118 Å². The van der Waals surface area contributed by atoms with E-state index < -0.39 is 10.0 Å². The monoisotopic (exact) mass is 298 g/mol. The highest BCUT2D eigenvalue weighted by Gasteiger charge is 2.13. The van der Waals surface area contributed by atoms with Crippen LogP contribution >= 0.6 is 11.6 Å². The third-order valence-electron chi connectivity index (χ3n) is 2.71. The van der Waals surface area contributed by atoms with Crippen LogP contribution < -0.4 is 4.72 Å². The number of aromatic nitrogens is 1. The van der Waals surface area contributed by atoms with E-state index >= 15 is 0 Å². The lowest BCUT2D eigenvalue weighted by molar-refractivity contribution is 0.581. The van der Waals surface area contributed by atoms with Crippen LogP contribution in [0.15, 0.2) is 47.6 Å². The summed E-state index contributed by atoms with van der Waals surface area (Å²) >= 11 is 5.79. The lowest BCUT2D eigenvalue weighted by atomic mass is 10.2. The van der Waals surface area contributed by atoms with Crippen LogP contribution in [0.25, 0.3) is 0 Å². The molecule has 1 aromatic heterocycles. The fraction of sp³-hybridized carbons (Fsp3) is 0.231. The predicted molar refractivity (Wildman–Crippen MR) is 75.8 cm³/mol. The molecule has 0 spiro atoms. The topological polar surface area (TPSA) is 51.1 Å². The number of nitrogens with zero attached hydrogens (tertiary/aromatic N) is 1. The fourth-order valence-corrected chi connectivity index (χ4v) is 3.09. The fourth-order valence-electron chi connectivity index (χ4n) is 1.76. The van der Waals surface area contributed by atoms with Crippen molar-refractivity contribution in [3.63, 3.8) is 0 Å². The van der Waals surface area contributed by atoms with Gasteiger partial charge in [-0.3, -0.25) is 0 Å². The Morgan fingerprint density at radius 1 is 1.32 bits per heavy atom. The van der Waals surface area contributed by atoms with Crippen LogP contribution in [0.4, 0.5) is 0 Å². The van der Waals surface area contributed by atoms with Crippen molar-refractivity contribution in [3.05, 3.63) is 53.3 Å². The number of sulfonamides is 1. The maximum Gasteiger partial charge on any atom is 0.240 e. The minimum Gasteiger partial charge on any atom is -0.357 e. The van der Waals surface area contributed by atoms with E-state index in [-0.39, 0.29) is 4.90 Å². The summed E-state index contributed by atoms with van der Waals surface area (Å²) < 4.78 is 28.5. The first-order valence-electron chi connectivity index (χ1n) is 5.83. The van der Waals surface area contributed by atoms with Gasteiger partial charge in [0.25, 0.3) is 0 Å². The number of nitrogens with one attached hydrogen (secondary N) is 1. The SMILES string of the molecule is Cn1ccc(CCNS(=O)(=O)c2cccc(Cl)c2)c1. The molecule has 0 saturated heterocycles. The summed E-state index contributed by atoms with van der Waals surface area (Å²) in [6.45, 7) is 0.360. The summed E-state index contributed by atoms with van der Waals surface area (Å²) in [7, 11) is -1.56. The van der Waals surface area contributed by atoms with Crippen LogP contribution in [0.5, 0.6) is 0 Å². The van der Waals surface area contributed by atoms with Crippen LogP contribution in [0, 0.1) is 0 Å². The Balaban J connectivity index is 1.98. The van der Waals surface area contributed by atoms with Crippen molar-refractivity contribution in [2.24, 2.45) is 7.05 Å². The van der Waals surface area contributed by atoms with Gasteiger partial charge in [0.2, 0.25) is 10.0 Å². The molecule has 1 aromatic carbocycles. The van der Waals surface area contributed by atoms with Crippen LogP contribution in [0.1, 0.15) is 5.56 Å². The highest BCUT2D eigenvalue weighted by atomic mass is 35.5. The Bertz CT molecular complexity index is 665. The van der Waals surface area contributed by atoms with E-state index in [2.05, 4.69) is 4.72 Å². The summed E-state index contributed by atoms with van der Waals surface area (Å²) in [5, 5.41) is 0.408. The Morgan fingerprint density at radius 2 is 2.11 bits per heavy atom. The molecule has 0 radical (unpaired) electrons. The second-order valence-electron chi connectivity index (χ2n) is 4.29. The Kier molecular flexibility index (Phi) is 4.29. The lowest BCUT2D eigenvalue weighted by Crippen LogP contribution is -2.25. The number of benzene rings is 1. The number of rotatable bonds is 5. The molecule has 0 amide bonds. The minimum absolute atomic E-state index is 0.188. The zero-order valence-electron chi connectivity index (χ0n) is 10.5. The van der Waals surface area contributed by atoms with Gasteiger partial charge in [0.15, 0.2) is 0 Å². The molecule has 4 nitrogen and oxygen atoms in total. The molecule has 102 valence electrons. The molecule has 0 bridgehead atoms. The standard InChI is InChI=1S/C13H15ClN2O2S/c1-16-8-6-11(10-16)5-7-15-19(17,18)13-4-2-3-12(14)9-13/h2-4,6,8-10,15H,5,7H2,1H3. The van der Waals surface area contributed by atoms with Crippen molar-refractivity contribution in [1.29, 1.82) is 0 Å². The van der Waals surface area contributed by atoms with Gasteiger partial charge < -0.3 is 4.57 Å². The zero-order valence-corrected chi connectivity index (χ0v) is 12.1. The first kappa shape index (κ1) is 14.1. The van der Waals surface area contributed by atoms with Crippen molar-refractivity contribution in [2.75, 3.05) is 6.54 Å². The molecule has 0 aliphatic rings. The van der Waals surface area contributed by atoms with E-state index in [0.29, 0.717) is 18.0 Å². The maximum absolute atomic E-state index is 12.0. The molecule has 0 unspecified atom stereocenters. The summed E-state index contributed by atoms with van der Waals surface area (Å²) in [5.41, 5.74) is 1.09. The number of halogens is 1. The third kappa shape index (κ3) is 3.83. The average Bonchev–Trinajstić information content (AvgIpc) is 2.75. The van der Waals surface area contributed by atoms with Crippen molar-refractivity contribution in [1.82, 2.24) is 9.29 Å². The van der Waals surface area contributed by atoms with Crippen molar-refractivity contribution in [2.45, 2.75) is 11.3 Å². The summed E-state index contributed by atoms with van der Waals surface area (Å²) in [6.07, 6.45) is 4.55. The lowest BCUT2D eigenvalue weighted by Gasteiger charge is -2.06. The third-order valence-corrected chi connectivity index (χ3v) is 4.40. The normalized spacial score (nSPS) is 11.7. The summed E-state index contributed by atoms with van der Waals surface area (Å²) in [6, 6.07) is 8.19. The molecular formula is C13H15ClN2O2S. The van der Waals surface area contributed by atoms with Crippen molar-refractivity contribution >= 4 is 21.6 Å². The van der Waals surface area contributed by atoms with Crippen LogP contribution in [0.2, 0.25) is 5.02 Å². The smallest absolute Gasteiger partial charge is 0.240 e. The zero-order chi connectivity index (χ0) is 13.9. The summed E-state index contributed by atoms with van der Waals surface area (Å²) in [4.78, 5) is 0.188. The van der Waals surface area contributed by atoms with Gasteiger partial charge in [0, 0.05) is 31.0 Å². The molecule has 6 heteroatoms. The quantitative estimate of drug-likeness (QED) is 0.920. The largest absolute Gasteiger partial charge is 0.357 e. The highest BCUT2D eigenvalue weighted by molar-refractivity contribution is 7.89. The molecule has 1 heterocycles. The van der Waals surface area contributed by atoms with Crippen LogP contribution in [-0.2, 0) is 23.5 Å². The van der Waals surface area contributed by atoms with E-state index in [1.165, 1.54) is 12.1 Å². The first-order chi connectivity index (χ1) is 8.97. The molecule has 2 aromatic rings. The van der Waals surface area contributed by atoms with Crippen molar-refractivity contribution < 1.29 is 8.42 Å². The maximum atomic E-state index is 12.0. The molecular weight excluding hydrogens is 284 g/mol. The van der Waals surface area contributed by atoms with Crippen LogP contribution in [-0.4, -0.2) is 19.5 Å². The van der Waals surface area contributed by atoms with Gasteiger partial charge in [0.1, 0.15) is 0 Å². The highest BCUT2D eigenvalue weighted by Crippen LogP contribution is 2.15. The van der Waals surface area contributed by atoms with Crippen molar-refractivity contribution in [3.8, 4) is 0 Å². The Morgan fingerprint density at radius 3 is 2.74 bits per heavy atom. The molecule has 0 saturated carbocycles. The molecule has 2 rings (SSSR count). The first-order valence-corrected chi connectivity index (χ1v) is 7.69. The van der Waals surface area contributed by atoms with Gasteiger partial charge in [0.05, 0.1) is 4.90 Å². The van der Waals surface area contributed by atoms with E-state index in [1.54, 1.807) is 12.1 Å². The van der Waals surface area contributed by atoms with E-state index in [4.69, 9.17) is 11.6 Å². The van der Waals surface area contributed by atoms with Crippen LogP contribution in [0.3, 0.4) is 0 Å². The Hall–Kier alpha value is -1.30. The molecule has 0 aliphatic heterocycles. The molecule has 0 fully saturated rings. The van der Waals surface area contributed by atoms with E-state index in [1.807, 2.05) is 30.1 Å². The number of hydrogen-bond donors (Lipinski definition) is 1. The molecule has 0 atom stereocenters. The van der Waals surface area contributed by atoms with Gasteiger partial charge in [-0.05, 0) is 36.2 Å². The number of hydrogen-bond acceptors (Lipinski definition) is 2. The molecule has 1 N–H and O–H groups in total. The van der Waals surface area contributed by atoms with Gasteiger partial charge >= 0.3 is 0 Å².